The first kappa shape index (κ1) is 10.5. The first-order valence-corrected chi connectivity index (χ1v) is 5.00. The third kappa shape index (κ3) is 1.74. The quantitative estimate of drug-likeness (QED) is 0.754. The fourth-order valence-electron chi connectivity index (χ4n) is 1.85. The van der Waals surface area contributed by atoms with Crippen LogP contribution in [0.15, 0.2) is 12.1 Å². The zero-order valence-corrected chi connectivity index (χ0v) is 8.14. The Bertz CT molecular complexity index is 374. The molecule has 1 atom stereocenters. The van der Waals surface area contributed by atoms with Gasteiger partial charge < -0.3 is 5.73 Å². The molecule has 0 aliphatic heterocycles. The number of halogens is 3. The molecule has 1 aromatic rings. The van der Waals surface area contributed by atoms with Crippen molar-refractivity contribution < 1.29 is 13.2 Å². The van der Waals surface area contributed by atoms with Crippen LogP contribution in [-0.4, -0.2) is 0 Å². The zero-order chi connectivity index (χ0) is 11.0. The summed E-state index contributed by atoms with van der Waals surface area (Å²) >= 11 is 0. The molecule has 2 N–H and O–H groups in total. The Labute approximate surface area is 86.1 Å². The summed E-state index contributed by atoms with van der Waals surface area (Å²) in [6.07, 6.45) is 2.93. The highest BCUT2D eigenvalue weighted by molar-refractivity contribution is 5.24. The van der Waals surface area contributed by atoms with Gasteiger partial charge in [0.05, 0.1) is 0 Å². The minimum Gasteiger partial charge on any atom is -0.324 e. The average Bonchev–Trinajstić information content (AvgIpc) is 2.11. The number of rotatable bonds is 2. The van der Waals surface area contributed by atoms with Gasteiger partial charge in [0, 0.05) is 11.6 Å². The number of benzene rings is 1. The van der Waals surface area contributed by atoms with Crippen LogP contribution >= 0.6 is 0 Å². The summed E-state index contributed by atoms with van der Waals surface area (Å²) in [4.78, 5) is 0. The normalized spacial score (nSPS) is 18.7. The molecule has 1 aromatic carbocycles. The van der Waals surface area contributed by atoms with E-state index in [4.69, 9.17) is 5.73 Å². The van der Waals surface area contributed by atoms with E-state index in [1.807, 2.05) is 0 Å². The second-order valence-corrected chi connectivity index (χ2v) is 3.98. The molecule has 0 heterocycles. The molecule has 15 heavy (non-hydrogen) atoms. The molecule has 82 valence electrons. The summed E-state index contributed by atoms with van der Waals surface area (Å²) in [5.41, 5.74) is 5.87. The van der Waals surface area contributed by atoms with Crippen LogP contribution in [0.5, 0.6) is 0 Å². The zero-order valence-electron chi connectivity index (χ0n) is 8.14. The monoisotopic (exact) mass is 215 g/mol. The van der Waals surface area contributed by atoms with Crippen molar-refractivity contribution in [3.8, 4) is 0 Å². The van der Waals surface area contributed by atoms with Crippen LogP contribution in [0.2, 0.25) is 0 Å². The van der Waals surface area contributed by atoms with Gasteiger partial charge in [0.25, 0.3) is 0 Å². The predicted molar refractivity (Wildman–Crippen MR) is 50.6 cm³/mol. The lowest BCUT2D eigenvalue weighted by atomic mass is 9.77. The van der Waals surface area contributed by atoms with Crippen molar-refractivity contribution in [2.45, 2.75) is 25.3 Å². The van der Waals surface area contributed by atoms with Gasteiger partial charge in [-0.2, -0.15) is 0 Å². The molecule has 2 rings (SSSR count). The summed E-state index contributed by atoms with van der Waals surface area (Å²) < 4.78 is 38.9. The molecule has 0 radical (unpaired) electrons. The van der Waals surface area contributed by atoms with Gasteiger partial charge in [-0.05, 0) is 24.8 Å². The van der Waals surface area contributed by atoms with Gasteiger partial charge in [0.1, 0.15) is 0 Å². The number of hydrogen-bond acceptors (Lipinski definition) is 1. The van der Waals surface area contributed by atoms with Crippen molar-refractivity contribution in [1.29, 1.82) is 0 Å². The number of nitrogens with two attached hydrogens (primary N) is 1. The standard InChI is InChI=1S/C11H12F3N/c12-8-5-4-7(9(13)10(8)14)11(15)6-2-1-3-6/h4-6,11H,1-3,15H2. The van der Waals surface area contributed by atoms with E-state index in [-0.39, 0.29) is 11.5 Å². The second-order valence-electron chi connectivity index (χ2n) is 3.98. The van der Waals surface area contributed by atoms with E-state index in [1.165, 1.54) is 6.07 Å². The SMILES string of the molecule is NC(c1ccc(F)c(F)c1F)C1CCC1. The molecule has 0 aromatic heterocycles. The van der Waals surface area contributed by atoms with E-state index in [9.17, 15) is 13.2 Å². The lowest BCUT2D eigenvalue weighted by molar-refractivity contribution is 0.258. The fraction of sp³-hybridized carbons (Fsp3) is 0.455. The maximum absolute atomic E-state index is 13.3. The highest BCUT2D eigenvalue weighted by Gasteiger charge is 2.28. The molecule has 1 aliphatic rings. The molecule has 0 bridgehead atoms. The maximum atomic E-state index is 13.3. The summed E-state index contributed by atoms with van der Waals surface area (Å²) in [7, 11) is 0. The molecule has 1 saturated carbocycles. The van der Waals surface area contributed by atoms with Crippen LogP contribution < -0.4 is 5.73 Å². The molecule has 1 aliphatic carbocycles. The molecule has 1 unspecified atom stereocenters. The fourth-order valence-corrected chi connectivity index (χ4v) is 1.85. The predicted octanol–water partition coefficient (Wildman–Crippen LogP) is 2.90. The summed E-state index contributed by atoms with van der Waals surface area (Å²) in [6.45, 7) is 0. The van der Waals surface area contributed by atoms with Crippen LogP contribution in [0.4, 0.5) is 13.2 Å². The Balaban J connectivity index is 2.31. The van der Waals surface area contributed by atoms with E-state index < -0.39 is 23.5 Å². The molecule has 1 nitrogen and oxygen atoms in total. The van der Waals surface area contributed by atoms with Crippen LogP contribution in [0.3, 0.4) is 0 Å². The van der Waals surface area contributed by atoms with Gasteiger partial charge in [0.2, 0.25) is 0 Å². The third-order valence-corrected chi connectivity index (χ3v) is 3.08. The highest BCUT2D eigenvalue weighted by atomic mass is 19.2. The molecule has 1 fully saturated rings. The van der Waals surface area contributed by atoms with E-state index in [1.54, 1.807) is 0 Å². The van der Waals surface area contributed by atoms with E-state index in [0.717, 1.165) is 25.3 Å². The van der Waals surface area contributed by atoms with Crippen molar-refractivity contribution in [2.75, 3.05) is 0 Å². The molecule has 4 heteroatoms. The Kier molecular flexibility index (Phi) is 2.69. The Hall–Kier alpha value is -1.03. The van der Waals surface area contributed by atoms with Crippen molar-refractivity contribution in [2.24, 2.45) is 11.7 Å². The highest BCUT2D eigenvalue weighted by Crippen LogP contribution is 2.37. The van der Waals surface area contributed by atoms with E-state index in [0.29, 0.717) is 0 Å². The minimum absolute atomic E-state index is 0.0820. The van der Waals surface area contributed by atoms with Crippen LogP contribution in [0, 0.1) is 23.4 Å². The Morgan fingerprint density at radius 1 is 1.13 bits per heavy atom. The van der Waals surface area contributed by atoms with Crippen molar-refractivity contribution >= 4 is 0 Å². The largest absolute Gasteiger partial charge is 0.324 e. The van der Waals surface area contributed by atoms with Gasteiger partial charge >= 0.3 is 0 Å². The average molecular weight is 215 g/mol. The lowest BCUT2D eigenvalue weighted by Gasteiger charge is -2.31. The van der Waals surface area contributed by atoms with Crippen molar-refractivity contribution in [1.82, 2.24) is 0 Å². The number of hydrogen-bond donors (Lipinski definition) is 1. The minimum atomic E-state index is -1.43. The molecule has 0 saturated heterocycles. The van der Waals surface area contributed by atoms with Gasteiger partial charge in [-0.3, -0.25) is 0 Å². The van der Waals surface area contributed by atoms with Crippen LogP contribution in [0.25, 0.3) is 0 Å². The van der Waals surface area contributed by atoms with E-state index in [2.05, 4.69) is 0 Å². The molecular formula is C11H12F3N. The smallest absolute Gasteiger partial charge is 0.194 e. The second kappa shape index (κ2) is 3.85. The lowest BCUT2D eigenvalue weighted by Crippen LogP contribution is -2.28. The van der Waals surface area contributed by atoms with Gasteiger partial charge in [0.15, 0.2) is 17.5 Å². The Morgan fingerprint density at radius 2 is 1.80 bits per heavy atom. The third-order valence-electron chi connectivity index (χ3n) is 3.08. The van der Waals surface area contributed by atoms with E-state index >= 15 is 0 Å². The van der Waals surface area contributed by atoms with Gasteiger partial charge in [-0.1, -0.05) is 12.5 Å². The van der Waals surface area contributed by atoms with Crippen LogP contribution in [-0.2, 0) is 0 Å². The molecular weight excluding hydrogens is 203 g/mol. The molecule has 0 amide bonds. The summed E-state index contributed by atoms with van der Waals surface area (Å²) in [5.74, 6) is -3.54. The van der Waals surface area contributed by atoms with Crippen molar-refractivity contribution in [3.05, 3.63) is 35.1 Å². The first-order valence-electron chi connectivity index (χ1n) is 5.00. The maximum Gasteiger partial charge on any atom is 0.194 e. The van der Waals surface area contributed by atoms with Crippen molar-refractivity contribution in [3.63, 3.8) is 0 Å². The molecule has 0 spiro atoms. The first-order chi connectivity index (χ1) is 7.11. The topological polar surface area (TPSA) is 26.0 Å². The summed E-state index contributed by atoms with van der Waals surface area (Å²) in [6, 6.07) is 1.64. The van der Waals surface area contributed by atoms with Gasteiger partial charge in [-0.15, -0.1) is 0 Å². The summed E-state index contributed by atoms with van der Waals surface area (Å²) in [5, 5.41) is 0. The Morgan fingerprint density at radius 3 is 2.33 bits per heavy atom. The van der Waals surface area contributed by atoms with Crippen LogP contribution in [0.1, 0.15) is 30.9 Å². The van der Waals surface area contributed by atoms with Gasteiger partial charge in [-0.25, -0.2) is 13.2 Å².